The van der Waals surface area contributed by atoms with Crippen molar-refractivity contribution in [3.63, 3.8) is 0 Å². The van der Waals surface area contributed by atoms with Gasteiger partial charge in [-0.05, 0) is 37.5 Å². The van der Waals surface area contributed by atoms with Crippen molar-refractivity contribution in [2.24, 2.45) is 0 Å². The van der Waals surface area contributed by atoms with Crippen LogP contribution in [0.4, 0.5) is 5.69 Å². The number of rotatable bonds is 3. The Morgan fingerprint density at radius 1 is 0.879 bits per heavy atom. The van der Waals surface area contributed by atoms with Gasteiger partial charge in [-0.15, -0.1) is 0 Å². The lowest BCUT2D eigenvalue weighted by Gasteiger charge is -2.35. The Bertz CT molecular complexity index is 1330. The third-order valence-corrected chi connectivity index (χ3v) is 6.29. The number of ether oxygens (including phenoxy) is 1. The number of esters is 1. The lowest BCUT2D eigenvalue weighted by atomic mass is 9.82. The molecule has 1 atom stereocenters. The van der Waals surface area contributed by atoms with Crippen LogP contribution in [0.3, 0.4) is 0 Å². The first-order chi connectivity index (χ1) is 16.0. The number of amides is 1. The summed E-state index contributed by atoms with van der Waals surface area (Å²) in [4.78, 5) is 53.6. The largest absolute Gasteiger partial charge is 0.452 e. The highest BCUT2D eigenvalue weighted by Crippen LogP contribution is 2.32. The zero-order chi connectivity index (χ0) is 23.1. The molecule has 2 aliphatic rings. The molecule has 0 saturated carbocycles. The van der Waals surface area contributed by atoms with Crippen molar-refractivity contribution < 1.29 is 23.9 Å². The first-order valence-corrected chi connectivity index (χ1v) is 10.9. The number of anilines is 1. The average molecular weight is 439 g/mol. The highest BCUT2D eigenvalue weighted by atomic mass is 16.5. The fourth-order valence-corrected chi connectivity index (χ4v) is 4.66. The first-order valence-electron chi connectivity index (χ1n) is 10.9. The number of hydrogen-bond donors (Lipinski definition) is 0. The molecule has 0 fully saturated rings. The lowest BCUT2D eigenvalue weighted by molar-refractivity contribution is -0.122. The Kier molecular flexibility index (Phi) is 5.13. The zero-order valence-corrected chi connectivity index (χ0v) is 18.0. The highest BCUT2D eigenvalue weighted by molar-refractivity contribution is 6.30. The van der Waals surface area contributed by atoms with Crippen molar-refractivity contribution in [3.05, 3.63) is 100 Å². The maximum Gasteiger partial charge on any atom is 0.339 e. The molecule has 5 rings (SSSR count). The van der Waals surface area contributed by atoms with E-state index in [4.69, 9.17) is 4.74 Å². The summed E-state index contributed by atoms with van der Waals surface area (Å²) < 4.78 is 5.35. The number of hydrogen-bond acceptors (Lipinski definition) is 5. The molecule has 3 aromatic carbocycles. The van der Waals surface area contributed by atoms with E-state index < -0.39 is 18.4 Å². The summed E-state index contributed by atoms with van der Waals surface area (Å²) in [6.07, 6.45) is 1.70. The van der Waals surface area contributed by atoms with E-state index in [0.717, 1.165) is 24.1 Å². The zero-order valence-electron chi connectivity index (χ0n) is 18.0. The second-order valence-electron chi connectivity index (χ2n) is 8.29. The van der Waals surface area contributed by atoms with Crippen LogP contribution in [-0.2, 0) is 16.0 Å². The highest BCUT2D eigenvalue weighted by Gasteiger charge is 2.34. The monoisotopic (exact) mass is 439 g/mol. The van der Waals surface area contributed by atoms with Crippen molar-refractivity contribution in [3.8, 4) is 0 Å². The number of para-hydroxylation sites is 1. The van der Waals surface area contributed by atoms with Gasteiger partial charge >= 0.3 is 5.97 Å². The van der Waals surface area contributed by atoms with Gasteiger partial charge in [-0.2, -0.15) is 0 Å². The Labute approximate surface area is 190 Å². The Balaban J connectivity index is 1.40. The molecule has 0 saturated heterocycles. The van der Waals surface area contributed by atoms with E-state index in [1.165, 1.54) is 12.1 Å². The van der Waals surface area contributed by atoms with Crippen molar-refractivity contribution in [2.45, 2.75) is 25.8 Å². The van der Waals surface area contributed by atoms with Gasteiger partial charge in [-0.1, -0.05) is 54.6 Å². The molecule has 3 aromatic rings. The summed E-state index contributed by atoms with van der Waals surface area (Å²) in [6.45, 7) is 1.50. The van der Waals surface area contributed by atoms with Gasteiger partial charge in [0, 0.05) is 34.0 Å². The molecule has 1 amide bonds. The molecule has 0 aromatic heterocycles. The van der Waals surface area contributed by atoms with Crippen LogP contribution in [0.25, 0.3) is 0 Å². The smallest absolute Gasteiger partial charge is 0.339 e. The van der Waals surface area contributed by atoms with Crippen molar-refractivity contribution in [2.75, 3.05) is 11.5 Å². The summed E-state index contributed by atoms with van der Waals surface area (Å²) in [5, 5.41) is 0. The fraction of sp³-hybridized carbons (Fsp3) is 0.185. The molecular weight excluding hydrogens is 418 g/mol. The quantitative estimate of drug-likeness (QED) is 0.451. The third kappa shape index (κ3) is 3.44. The first kappa shape index (κ1) is 20.8. The van der Waals surface area contributed by atoms with Gasteiger partial charge in [0.1, 0.15) is 0 Å². The third-order valence-electron chi connectivity index (χ3n) is 6.29. The predicted octanol–water partition coefficient (Wildman–Crippen LogP) is 3.99. The van der Waals surface area contributed by atoms with Gasteiger partial charge in [0.2, 0.25) is 0 Å². The SMILES string of the molecule is C[C@@H]1CCc2ccccc2N1C(=O)COC(=O)c1cccc2c1C(=O)c1ccccc1C2=O. The van der Waals surface area contributed by atoms with E-state index in [9.17, 15) is 19.2 Å². The molecule has 0 spiro atoms. The summed E-state index contributed by atoms with van der Waals surface area (Å²) in [7, 11) is 0. The fourth-order valence-electron chi connectivity index (χ4n) is 4.66. The Hall–Kier alpha value is -4.06. The van der Waals surface area contributed by atoms with Crippen molar-refractivity contribution in [1.29, 1.82) is 0 Å². The van der Waals surface area contributed by atoms with Gasteiger partial charge in [0.25, 0.3) is 5.91 Å². The standard InChI is InChI=1S/C27H21NO5/c1-16-13-14-17-7-2-5-12-22(17)28(16)23(29)15-33-27(32)21-11-6-10-20-24(21)26(31)19-9-4-3-8-18(19)25(20)30/h2-12,16H,13-15H2,1H3/t16-/m1/s1. The molecular formula is C27H21NO5. The number of aryl methyl sites for hydroxylation is 1. The summed E-state index contributed by atoms with van der Waals surface area (Å²) in [6, 6.07) is 18.7. The van der Waals surface area contributed by atoms with Crippen LogP contribution in [0.2, 0.25) is 0 Å². The summed E-state index contributed by atoms with van der Waals surface area (Å²) >= 11 is 0. The molecule has 164 valence electrons. The van der Waals surface area contributed by atoms with Crippen LogP contribution in [0, 0.1) is 0 Å². The molecule has 1 aliphatic carbocycles. The van der Waals surface area contributed by atoms with E-state index in [-0.39, 0.29) is 40.0 Å². The molecule has 6 nitrogen and oxygen atoms in total. The number of carbonyl (C=O) groups is 4. The minimum Gasteiger partial charge on any atom is -0.452 e. The topological polar surface area (TPSA) is 80.8 Å². The Morgan fingerprint density at radius 2 is 1.55 bits per heavy atom. The minimum absolute atomic E-state index is 0.0137. The van der Waals surface area contributed by atoms with E-state index in [0.29, 0.717) is 5.56 Å². The van der Waals surface area contributed by atoms with Gasteiger partial charge in [0.05, 0.1) is 5.56 Å². The lowest BCUT2D eigenvalue weighted by Crippen LogP contribution is -2.44. The van der Waals surface area contributed by atoms with Gasteiger partial charge in [0.15, 0.2) is 18.2 Å². The number of ketones is 2. The van der Waals surface area contributed by atoms with E-state index in [1.54, 1.807) is 35.2 Å². The van der Waals surface area contributed by atoms with Crippen LogP contribution in [-0.4, -0.2) is 36.1 Å². The second kappa shape index (κ2) is 8.13. The van der Waals surface area contributed by atoms with Gasteiger partial charge in [-0.3, -0.25) is 14.4 Å². The molecule has 1 aliphatic heterocycles. The molecule has 0 N–H and O–H groups in total. The number of benzene rings is 3. The van der Waals surface area contributed by atoms with Crippen LogP contribution in [0.5, 0.6) is 0 Å². The van der Waals surface area contributed by atoms with E-state index >= 15 is 0 Å². The van der Waals surface area contributed by atoms with Crippen LogP contribution < -0.4 is 4.90 Å². The second-order valence-corrected chi connectivity index (χ2v) is 8.29. The summed E-state index contributed by atoms with van der Waals surface area (Å²) in [5.74, 6) is -1.86. The molecule has 6 heteroatoms. The molecule has 0 bridgehead atoms. The van der Waals surface area contributed by atoms with Crippen molar-refractivity contribution >= 4 is 29.1 Å². The number of carbonyl (C=O) groups excluding carboxylic acids is 4. The molecule has 33 heavy (non-hydrogen) atoms. The van der Waals surface area contributed by atoms with Crippen molar-refractivity contribution in [1.82, 2.24) is 0 Å². The van der Waals surface area contributed by atoms with Gasteiger partial charge < -0.3 is 9.64 Å². The maximum atomic E-state index is 13.1. The molecule has 1 heterocycles. The minimum atomic E-state index is -0.807. The number of fused-ring (bicyclic) bond motifs is 3. The molecule has 0 unspecified atom stereocenters. The van der Waals surface area contributed by atoms with E-state index in [2.05, 4.69) is 0 Å². The van der Waals surface area contributed by atoms with E-state index in [1.807, 2.05) is 31.2 Å². The Morgan fingerprint density at radius 3 is 2.33 bits per heavy atom. The molecule has 0 radical (unpaired) electrons. The van der Waals surface area contributed by atoms with Crippen LogP contribution in [0.15, 0.2) is 66.7 Å². The number of nitrogens with zero attached hydrogens (tertiary/aromatic N) is 1. The predicted molar refractivity (Wildman–Crippen MR) is 122 cm³/mol. The normalized spacial score (nSPS) is 16.5. The van der Waals surface area contributed by atoms with Gasteiger partial charge in [-0.25, -0.2) is 4.79 Å². The summed E-state index contributed by atoms with van der Waals surface area (Å²) in [5.41, 5.74) is 2.65. The van der Waals surface area contributed by atoms with Crippen LogP contribution >= 0.6 is 0 Å². The average Bonchev–Trinajstić information content (AvgIpc) is 2.85. The van der Waals surface area contributed by atoms with Crippen LogP contribution in [0.1, 0.15) is 61.1 Å². The maximum absolute atomic E-state index is 13.1.